The lowest BCUT2D eigenvalue weighted by atomic mass is 10.00. The van der Waals surface area contributed by atoms with Crippen molar-refractivity contribution in [2.45, 2.75) is 64.6 Å². The Morgan fingerprint density at radius 2 is 2.14 bits per heavy atom. The summed E-state index contributed by atoms with van der Waals surface area (Å²) in [5.74, 6) is 0.947. The topological polar surface area (TPSA) is 84.2 Å². The number of hydrogen-bond donors (Lipinski definition) is 0. The van der Waals surface area contributed by atoms with E-state index in [1.54, 1.807) is 13.1 Å². The van der Waals surface area contributed by atoms with Crippen molar-refractivity contribution in [3.8, 4) is 0 Å². The molecule has 29 heavy (non-hydrogen) atoms. The van der Waals surface area contributed by atoms with Gasteiger partial charge in [0.25, 0.3) is 0 Å². The second kappa shape index (κ2) is 8.31. The molecule has 2 amide bonds. The predicted molar refractivity (Wildman–Crippen MR) is 107 cm³/mol. The quantitative estimate of drug-likeness (QED) is 0.792. The highest BCUT2D eigenvalue weighted by atomic mass is 16.2. The molecule has 1 saturated heterocycles. The molecule has 0 unspecified atom stereocenters. The Balaban J connectivity index is 1.44. The van der Waals surface area contributed by atoms with E-state index in [-0.39, 0.29) is 23.9 Å². The lowest BCUT2D eigenvalue weighted by Crippen LogP contribution is -2.39. The minimum Gasteiger partial charge on any atom is -0.338 e. The Morgan fingerprint density at radius 3 is 2.90 bits per heavy atom. The van der Waals surface area contributed by atoms with Gasteiger partial charge in [0.2, 0.25) is 11.8 Å². The van der Waals surface area contributed by atoms with Crippen LogP contribution in [-0.4, -0.2) is 54.5 Å². The predicted octanol–water partition coefficient (Wildman–Crippen LogP) is 2.28. The first-order valence-electron chi connectivity index (χ1n) is 10.4. The normalized spacial score (nSPS) is 20.3. The molecule has 4 heterocycles. The third-order valence-electron chi connectivity index (χ3n) is 5.96. The van der Waals surface area contributed by atoms with Crippen LogP contribution in [0.3, 0.4) is 0 Å². The number of piperidine rings is 1. The molecular weight excluding hydrogens is 368 g/mol. The summed E-state index contributed by atoms with van der Waals surface area (Å²) in [5, 5.41) is 4.22. The molecule has 4 rings (SSSR count). The van der Waals surface area contributed by atoms with Gasteiger partial charge in [-0.2, -0.15) is 5.10 Å². The van der Waals surface area contributed by atoms with Crippen molar-refractivity contribution in [3.05, 3.63) is 41.7 Å². The number of aromatic nitrogens is 4. The average molecular weight is 396 g/mol. The molecule has 2 aromatic rings. The molecule has 154 valence electrons. The minimum atomic E-state index is -0.0267. The van der Waals surface area contributed by atoms with Crippen LogP contribution in [0.15, 0.2) is 24.7 Å². The fraction of sp³-hybridized carbons (Fsp3) is 0.571. The van der Waals surface area contributed by atoms with Crippen LogP contribution in [0.25, 0.3) is 0 Å². The van der Waals surface area contributed by atoms with E-state index < -0.39 is 0 Å². The van der Waals surface area contributed by atoms with Crippen molar-refractivity contribution in [2.75, 3.05) is 13.1 Å². The summed E-state index contributed by atoms with van der Waals surface area (Å²) in [6.07, 6.45) is 9.64. The maximum absolute atomic E-state index is 12.7. The maximum atomic E-state index is 12.7. The van der Waals surface area contributed by atoms with E-state index in [1.807, 2.05) is 39.9 Å². The number of amides is 2. The van der Waals surface area contributed by atoms with Crippen molar-refractivity contribution >= 4 is 11.8 Å². The summed E-state index contributed by atoms with van der Waals surface area (Å²) < 4.78 is 1.82. The summed E-state index contributed by atoms with van der Waals surface area (Å²) in [5.41, 5.74) is 2.01. The molecule has 0 bridgehead atoms. The third kappa shape index (κ3) is 4.16. The molecule has 1 fully saturated rings. The van der Waals surface area contributed by atoms with Gasteiger partial charge in [-0.1, -0.05) is 0 Å². The van der Waals surface area contributed by atoms with Gasteiger partial charge in [-0.25, -0.2) is 9.97 Å². The van der Waals surface area contributed by atoms with Gasteiger partial charge in [-0.15, -0.1) is 0 Å². The lowest BCUT2D eigenvalue weighted by Gasteiger charge is -2.35. The summed E-state index contributed by atoms with van der Waals surface area (Å²) in [6.45, 7) is 5.60. The molecule has 0 spiro atoms. The SMILES string of the molecule is CC(=O)N1CCCC[C@H]1c1ncc2c(n1)CCN(C(=O)C[C@H](C)n1cccn1)C2. The largest absolute Gasteiger partial charge is 0.338 e. The molecular formula is C21H28N6O2. The molecule has 8 nitrogen and oxygen atoms in total. The molecule has 2 aliphatic rings. The third-order valence-corrected chi connectivity index (χ3v) is 5.96. The van der Waals surface area contributed by atoms with Crippen LogP contribution in [-0.2, 0) is 22.6 Å². The van der Waals surface area contributed by atoms with Crippen LogP contribution in [0.2, 0.25) is 0 Å². The van der Waals surface area contributed by atoms with Crippen molar-refractivity contribution in [2.24, 2.45) is 0 Å². The molecule has 2 aromatic heterocycles. The van der Waals surface area contributed by atoms with Gasteiger partial charge >= 0.3 is 0 Å². The van der Waals surface area contributed by atoms with E-state index >= 15 is 0 Å². The Morgan fingerprint density at radius 1 is 1.28 bits per heavy atom. The fourth-order valence-corrected chi connectivity index (χ4v) is 4.30. The van der Waals surface area contributed by atoms with Crippen LogP contribution in [0, 0.1) is 0 Å². The summed E-state index contributed by atoms with van der Waals surface area (Å²) >= 11 is 0. The molecule has 2 aliphatic heterocycles. The van der Waals surface area contributed by atoms with E-state index in [4.69, 9.17) is 4.98 Å². The highest BCUT2D eigenvalue weighted by Gasteiger charge is 2.30. The van der Waals surface area contributed by atoms with Gasteiger partial charge in [0.15, 0.2) is 5.82 Å². The second-order valence-corrected chi connectivity index (χ2v) is 8.03. The zero-order chi connectivity index (χ0) is 20.4. The van der Waals surface area contributed by atoms with Crippen LogP contribution >= 0.6 is 0 Å². The molecule has 0 saturated carbocycles. The number of rotatable bonds is 4. The lowest BCUT2D eigenvalue weighted by molar-refractivity contribution is -0.133. The van der Waals surface area contributed by atoms with E-state index in [2.05, 4.69) is 10.1 Å². The van der Waals surface area contributed by atoms with E-state index in [0.29, 0.717) is 19.5 Å². The molecule has 0 radical (unpaired) electrons. The van der Waals surface area contributed by atoms with Crippen LogP contribution < -0.4 is 0 Å². The zero-order valence-corrected chi connectivity index (χ0v) is 17.1. The van der Waals surface area contributed by atoms with E-state index in [1.165, 1.54) is 0 Å². The second-order valence-electron chi connectivity index (χ2n) is 8.03. The van der Waals surface area contributed by atoms with Gasteiger partial charge in [0, 0.05) is 63.6 Å². The van der Waals surface area contributed by atoms with E-state index in [0.717, 1.165) is 49.3 Å². The van der Waals surface area contributed by atoms with Gasteiger partial charge in [0.1, 0.15) is 0 Å². The highest BCUT2D eigenvalue weighted by molar-refractivity contribution is 5.77. The maximum Gasteiger partial charge on any atom is 0.225 e. The zero-order valence-electron chi connectivity index (χ0n) is 17.1. The van der Waals surface area contributed by atoms with Gasteiger partial charge in [-0.3, -0.25) is 14.3 Å². The minimum absolute atomic E-state index is 0.0267. The molecule has 0 N–H and O–H groups in total. The number of nitrogens with zero attached hydrogens (tertiary/aromatic N) is 6. The average Bonchev–Trinajstić information content (AvgIpc) is 3.28. The first kappa shape index (κ1) is 19.5. The number of carbonyl (C=O) groups is 2. The molecule has 8 heteroatoms. The van der Waals surface area contributed by atoms with Crippen molar-refractivity contribution in [1.29, 1.82) is 0 Å². The number of fused-ring (bicyclic) bond motifs is 1. The first-order chi connectivity index (χ1) is 14.0. The Labute approximate surface area is 170 Å². The summed E-state index contributed by atoms with van der Waals surface area (Å²) in [4.78, 5) is 37.9. The number of likely N-dealkylation sites (tertiary alicyclic amines) is 1. The number of carbonyl (C=O) groups excluding carboxylic acids is 2. The standard InChI is InChI=1S/C21H28N6O2/c1-15(27-10-5-8-23-27)12-20(29)25-11-7-18-17(14-25)13-22-21(24-18)19-6-3-4-9-26(19)16(2)28/h5,8,10,13,15,19H,3-4,6-7,9,11-12,14H2,1-2H3/t15-,19-/m0/s1. The Bertz CT molecular complexity index is 881. The van der Waals surface area contributed by atoms with Gasteiger partial charge in [-0.05, 0) is 32.3 Å². The first-order valence-corrected chi connectivity index (χ1v) is 10.4. The van der Waals surface area contributed by atoms with Crippen molar-refractivity contribution in [1.82, 2.24) is 29.5 Å². The number of hydrogen-bond acceptors (Lipinski definition) is 5. The Kier molecular flexibility index (Phi) is 5.60. The summed E-state index contributed by atoms with van der Waals surface area (Å²) in [6, 6.07) is 1.87. The monoisotopic (exact) mass is 396 g/mol. The summed E-state index contributed by atoms with van der Waals surface area (Å²) in [7, 11) is 0. The molecule has 2 atom stereocenters. The molecule has 0 aromatic carbocycles. The highest BCUT2D eigenvalue weighted by Crippen LogP contribution is 2.30. The van der Waals surface area contributed by atoms with Crippen LogP contribution in [0.4, 0.5) is 0 Å². The molecule has 0 aliphatic carbocycles. The van der Waals surface area contributed by atoms with Crippen LogP contribution in [0.5, 0.6) is 0 Å². The smallest absolute Gasteiger partial charge is 0.225 e. The van der Waals surface area contributed by atoms with E-state index in [9.17, 15) is 9.59 Å². The Hall–Kier alpha value is -2.77. The van der Waals surface area contributed by atoms with Gasteiger partial charge in [0.05, 0.1) is 17.8 Å². The fourth-order valence-electron chi connectivity index (χ4n) is 4.30. The van der Waals surface area contributed by atoms with Crippen molar-refractivity contribution < 1.29 is 9.59 Å². The van der Waals surface area contributed by atoms with Crippen LogP contribution in [0.1, 0.15) is 68.7 Å². The van der Waals surface area contributed by atoms with Gasteiger partial charge < -0.3 is 9.80 Å². The van der Waals surface area contributed by atoms with Crippen molar-refractivity contribution in [3.63, 3.8) is 0 Å².